The summed E-state index contributed by atoms with van der Waals surface area (Å²) in [5.41, 5.74) is 0. The van der Waals surface area contributed by atoms with Crippen molar-refractivity contribution in [2.24, 2.45) is 0 Å². The molecule has 0 aromatic rings. The molecule has 0 rings (SSSR count). The average Bonchev–Trinajstić information content (AvgIpc) is 1.50. The van der Waals surface area contributed by atoms with Crippen LogP contribution in [0.15, 0.2) is 0 Å². The van der Waals surface area contributed by atoms with E-state index in [1.165, 1.54) is 0 Å². The van der Waals surface area contributed by atoms with Crippen molar-refractivity contribution in [3.63, 3.8) is 0 Å². The van der Waals surface area contributed by atoms with Crippen LogP contribution in [0.25, 0.3) is 0 Å². The summed E-state index contributed by atoms with van der Waals surface area (Å²) >= 11 is 0. The minimum Gasteiger partial charge on any atom is -0.569 e. The Kier molecular flexibility index (Phi) is 278. The molecular weight excluding hydrogens is 294 g/mol. The Morgan fingerprint density at radius 1 is 0.800 bits per heavy atom. The standard InChI is InChI=1S/2CH3O.U/c2*1-2;/h2*2H,1H2;/q2*-1;+2. The molecule has 0 saturated carbocycles. The minimum atomic E-state index is 0. The van der Waals surface area contributed by atoms with Crippen molar-refractivity contribution in [1.82, 2.24) is 0 Å². The van der Waals surface area contributed by atoms with Gasteiger partial charge in [0, 0.05) is 0 Å². The van der Waals surface area contributed by atoms with E-state index in [1.807, 2.05) is 0 Å². The van der Waals surface area contributed by atoms with Gasteiger partial charge in [-0.3, -0.25) is 0 Å². The van der Waals surface area contributed by atoms with Crippen molar-refractivity contribution < 1.29 is 41.3 Å². The number of hydrogen-bond acceptors (Lipinski definition) is 2. The maximum Gasteiger partial charge on any atom is 2.00 e. The first kappa shape index (κ1) is 16.7. The molecule has 0 saturated heterocycles. The van der Waals surface area contributed by atoms with E-state index in [-0.39, 0.29) is 31.1 Å². The van der Waals surface area contributed by atoms with Crippen LogP contribution in [0.2, 0.25) is 0 Å². The zero-order valence-electron chi connectivity index (χ0n) is 2.81. The molecule has 3 heteroatoms. The van der Waals surface area contributed by atoms with Crippen LogP contribution in [0, 0.1) is 45.3 Å². The van der Waals surface area contributed by atoms with E-state index in [9.17, 15) is 0 Å². The summed E-state index contributed by atoms with van der Waals surface area (Å²) in [5, 5.41) is 13.5. The van der Waals surface area contributed by atoms with Crippen LogP contribution in [-0.2, 0) is 0 Å². The first-order valence-corrected chi connectivity index (χ1v) is 0.632. The van der Waals surface area contributed by atoms with E-state index in [2.05, 4.69) is 14.2 Å². The molecule has 0 heterocycles. The monoisotopic (exact) mass is 300 g/mol. The molecule has 0 aromatic carbocycles. The second kappa shape index (κ2) is 83.0. The number of hydrogen-bond donors (Lipinski definition) is 2. The van der Waals surface area contributed by atoms with Gasteiger partial charge in [0.1, 0.15) is 0 Å². The fraction of sp³-hybridized carbons (Fsp3) is 0. The largest absolute Gasteiger partial charge is 2.00 e. The third-order valence-corrected chi connectivity index (χ3v) is 0. The van der Waals surface area contributed by atoms with Crippen LogP contribution >= 0.6 is 0 Å². The third kappa shape index (κ3) is 46.5. The van der Waals surface area contributed by atoms with Gasteiger partial charge in [0.25, 0.3) is 0 Å². The molecule has 0 aliphatic carbocycles. The average molecular weight is 300 g/mol. The number of rotatable bonds is 0. The first-order valence-electron chi connectivity index (χ1n) is 0.632. The van der Waals surface area contributed by atoms with Gasteiger partial charge in [-0.15, -0.1) is 0 Å². The van der Waals surface area contributed by atoms with Gasteiger partial charge >= 0.3 is 31.1 Å². The smallest absolute Gasteiger partial charge is 0.569 e. The summed E-state index contributed by atoms with van der Waals surface area (Å²) in [4.78, 5) is 0. The van der Waals surface area contributed by atoms with Crippen LogP contribution < -0.4 is 0 Å². The van der Waals surface area contributed by atoms with E-state index < -0.39 is 0 Å². The molecule has 0 fully saturated rings. The van der Waals surface area contributed by atoms with Gasteiger partial charge in [0.05, 0.1) is 0 Å². The van der Waals surface area contributed by atoms with Crippen molar-refractivity contribution in [2.45, 2.75) is 0 Å². The second-order valence-electron chi connectivity index (χ2n) is 0. The predicted octanol–water partition coefficient (Wildman–Crippen LogP) is 0.301. The molecule has 5 heavy (non-hydrogen) atoms. The van der Waals surface area contributed by atoms with Gasteiger partial charge in [-0.2, -0.15) is 0 Å². The van der Waals surface area contributed by atoms with Crippen LogP contribution in [0.5, 0.6) is 0 Å². The van der Waals surface area contributed by atoms with Gasteiger partial charge in [-0.05, 0) is 0 Å². The molecule has 2 nitrogen and oxygen atoms in total. The Hall–Kier alpha value is 0.972. The quantitative estimate of drug-likeness (QED) is 0.632. The Morgan fingerprint density at radius 2 is 0.800 bits per heavy atom. The van der Waals surface area contributed by atoms with Crippen LogP contribution in [0.1, 0.15) is 0 Å². The van der Waals surface area contributed by atoms with Crippen LogP contribution in [-0.4, -0.2) is 10.2 Å². The molecule has 2 N–H and O–H groups in total. The molecule has 0 radical (unpaired) electrons. The van der Waals surface area contributed by atoms with Gasteiger partial charge in [-0.25, -0.2) is 14.2 Å². The zero-order valence-corrected chi connectivity index (χ0v) is 6.97. The zero-order chi connectivity index (χ0) is 4.00. The summed E-state index contributed by atoms with van der Waals surface area (Å²) in [6.07, 6.45) is 0. The van der Waals surface area contributed by atoms with Gasteiger partial charge < -0.3 is 10.2 Å². The second-order valence-corrected chi connectivity index (χ2v) is 0. The van der Waals surface area contributed by atoms with Gasteiger partial charge in [0.15, 0.2) is 0 Å². The Bertz CT molecular complexity index is 7.61. The summed E-state index contributed by atoms with van der Waals surface area (Å²) < 4.78 is 0. The third-order valence-electron chi connectivity index (χ3n) is 0. The fourth-order valence-corrected chi connectivity index (χ4v) is 0. The summed E-state index contributed by atoms with van der Waals surface area (Å²) in [6.45, 7) is 0. The number of aliphatic hydroxyl groups is 2. The SMILES string of the molecule is [CH2-]O.[CH2-]O.[U+2]. The maximum absolute atomic E-state index is 6.75. The molecule has 30 valence electrons. The molecule has 0 atom stereocenters. The van der Waals surface area contributed by atoms with Gasteiger partial charge in [-0.1, -0.05) is 0 Å². The van der Waals surface area contributed by atoms with Crippen molar-refractivity contribution in [3.05, 3.63) is 14.2 Å². The topological polar surface area (TPSA) is 40.5 Å². The Morgan fingerprint density at radius 3 is 0.800 bits per heavy atom. The van der Waals surface area contributed by atoms with Gasteiger partial charge in [0.2, 0.25) is 0 Å². The van der Waals surface area contributed by atoms with Crippen molar-refractivity contribution in [1.29, 1.82) is 0 Å². The Balaban J connectivity index is -0.0000000133. The first-order chi connectivity index (χ1) is 2.00. The van der Waals surface area contributed by atoms with Crippen molar-refractivity contribution in [2.75, 3.05) is 0 Å². The molecular formula is C2H6O2U. The maximum atomic E-state index is 6.75. The van der Waals surface area contributed by atoms with E-state index >= 15 is 0 Å². The fourth-order valence-electron chi connectivity index (χ4n) is 0. The van der Waals surface area contributed by atoms with Crippen molar-refractivity contribution >= 4 is 0 Å². The van der Waals surface area contributed by atoms with Crippen LogP contribution in [0.4, 0.5) is 0 Å². The predicted molar refractivity (Wildman–Crippen MR) is 14.6 cm³/mol. The van der Waals surface area contributed by atoms with Crippen molar-refractivity contribution in [3.8, 4) is 0 Å². The summed E-state index contributed by atoms with van der Waals surface area (Å²) in [5.74, 6) is 0. The molecule has 0 amide bonds. The molecule has 0 bridgehead atoms. The van der Waals surface area contributed by atoms with Crippen LogP contribution in [0.3, 0.4) is 0 Å². The van der Waals surface area contributed by atoms with E-state index in [4.69, 9.17) is 10.2 Å². The molecule has 0 spiro atoms. The van der Waals surface area contributed by atoms with E-state index in [0.717, 1.165) is 0 Å². The summed E-state index contributed by atoms with van der Waals surface area (Å²) in [6, 6.07) is 0. The molecule has 0 aliphatic rings. The molecule has 0 aliphatic heterocycles. The normalized spacial score (nSPS) is 2.40. The van der Waals surface area contributed by atoms with E-state index in [1.54, 1.807) is 0 Å². The number of aliphatic hydroxyl groups excluding tert-OH is 2. The van der Waals surface area contributed by atoms with E-state index in [0.29, 0.717) is 0 Å². The molecule has 0 unspecified atom stereocenters. The summed E-state index contributed by atoms with van der Waals surface area (Å²) in [7, 11) is 4.50. The Labute approximate surface area is 55.6 Å². The molecule has 0 aromatic heterocycles. The minimum absolute atomic E-state index is 0.